The summed E-state index contributed by atoms with van der Waals surface area (Å²) in [5, 5.41) is 2.94. The van der Waals surface area contributed by atoms with Gasteiger partial charge in [-0.3, -0.25) is 19.3 Å². The minimum atomic E-state index is -0.838. The van der Waals surface area contributed by atoms with Crippen LogP contribution >= 0.6 is 0 Å². The number of nitrogens with zero attached hydrogens (tertiary/aromatic N) is 1. The van der Waals surface area contributed by atoms with Gasteiger partial charge in [0.05, 0.1) is 11.7 Å². The molecule has 0 saturated heterocycles. The second-order valence-corrected chi connectivity index (χ2v) is 8.67. The Morgan fingerprint density at radius 2 is 1.83 bits per heavy atom. The van der Waals surface area contributed by atoms with Gasteiger partial charge in [-0.25, -0.2) is 4.39 Å². The molecular weight excluding hydrogens is 463 g/mol. The number of ether oxygens (including phenoxy) is 2. The first-order valence-corrected chi connectivity index (χ1v) is 11.6. The summed E-state index contributed by atoms with van der Waals surface area (Å²) in [5.74, 6) is -0.645. The molecule has 36 heavy (non-hydrogen) atoms. The highest BCUT2D eigenvalue weighted by Crippen LogP contribution is 2.35. The molecule has 0 fully saturated rings. The molecule has 0 radical (unpaired) electrons. The molecule has 3 aromatic rings. The molecule has 0 aromatic heterocycles. The first kappa shape index (κ1) is 24.9. The minimum absolute atomic E-state index is 0.209. The van der Waals surface area contributed by atoms with Crippen LogP contribution in [0.1, 0.15) is 41.4 Å². The fourth-order valence-corrected chi connectivity index (χ4v) is 4.05. The molecule has 1 aliphatic heterocycles. The Labute approximate surface area is 208 Å². The molecule has 0 bridgehead atoms. The van der Waals surface area contributed by atoms with E-state index in [9.17, 15) is 18.8 Å². The van der Waals surface area contributed by atoms with Gasteiger partial charge in [0, 0.05) is 5.56 Å². The molecule has 2 unspecified atom stereocenters. The molecule has 186 valence electrons. The third-order valence-electron chi connectivity index (χ3n) is 6.08. The van der Waals surface area contributed by atoms with Crippen molar-refractivity contribution < 1.29 is 28.2 Å². The van der Waals surface area contributed by atoms with Crippen LogP contribution < -0.4 is 19.7 Å². The first-order chi connectivity index (χ1) is 17.2. The Bertz CT molecular complexity index is 1290. The SMILES string of the molecule is Cc1cc(F)ccc1OCC(=O)c1ccc2c(c1)N(C(C)C(=O)NC(C)c1ccccc1)C(=O)CO2. The molecule has 2 amide bonds. The average Bonchev–Trinajstić information content (AvgIpc) is 2.87. The molecule has 1 heterocycles. The van der Waals surface area contributed by atoms with Crippen LogP contribution in [0.5, 0.6) is 11.5 Å². The fraction of sp³-hybridized carbons (Fsp3) is 0.250. The number of hydrogen-bond acceptors (Lipinski definition) is 5. The van der Waals surface area contributed by atoms with Crippen molar-refractivity contribution in [1.82, 2.24) is 5.32 Å². The molecule has 4 rings (SSSR count). The lowest BCUT2D eigenvalue weighted by Crippen LogP contribution is -2.51. The molecule has 1 aliphatic rings. The second-order valence-electron chi connectivity index (χ2n) is 8.67. The predicted molar refractivity (Wildman–Crippen MR) is 133 cm³/mol. The number of carbonyl (C=O) groups excluding carboxylic acids is 3. The topological polar surface area (TPSA) is 84.9 Å². The van der Waals surface area contributed by atoms with Gasteiger partial charge in [0.25, 0.3) is 5.91 Å². The lowest BCUT2D eigenvalue weighted by Gasteiger charge is -2.34. The van der Waals surface area contributed by atoms with E-state index in [-0.39, 0.29) is 42.7 Å². The molecule has 2 atom stereocenters. The maximum atomic E-state index is 13.3. The molecule has 0 spiro atoms. The number of benzene rings is 3. The van der Waals surface area contributed by atoms with E-state index in [2.05, 4.69) is 5.32 Å². The van der Waals surface area contributed by atoms with Crippen molar-refractivity contribution in [2.75, 3.05) is 18.1 Å². The Balaban J connectivity index is 1.51. The third kappa shape index (κ3) is 5.38. The molecule has 1 N–H and O–H groups in total. The van der Waals surface area contributed by atoms with Crippen LogP contribution in [0.25, 0.3) is 0 Å². The number of ketones is 1. The molecule has 7 nitrogen and oxygen atoms in total. The highest BCUT2D eigenvalue weighted by atomic mass is 19.1. The number of rotatable bonds is 8. The van der Waals surface area contributed by atoms with E-state index in [4.69, 9.17) is 9.47 Å². The number of halogens is 1. The van der Waals surface area contributed by atoms with Gasteiger partial charge in [0.15, 0.2) is 19.0 Å². The summed E-state index contributed by atoms with van der Waals surface area (Å²) in [6.07, 6.45) is 0. The van der Waals surface area contributed by atoms with Crippen molar-refractivity contribution in [3.05, 3.63) is 89.2 Å². The number of aryl methyl sites for hydroxylation is 1. The smallest absolute Gasteiger partial charge is 0.265 e. The molecule has 0 saturated carbocycles. The Morgan fingerprint density at radius 1 is 1.08 bits per heavy atom. The van der Waals surface area contributed by atoms with Crippen molar-refractivity contribution in [3.8, 4) is 11.5 Å². The molecular formula is C28H27FN2O5. The summed E-state index contributed by atoms with van der Waals surface area (Å²) < 4.78 is 24.4. The lowest BCUT2D eigenvalue weighted by molar-refractivity contribution is -0.127. The number of anilines is 1. The van der Waals surface area contributed by atoms with Gasteiger partial charge in [-0.15, -0.1) is 0 Å². The van der Waals surface area contributed by atoms with E-state index in [1.165, 1.54) is 29.2 Å². The van der Waals surface area contributed by atoms with E-state index in [1.54, 1.807) is 26.0 Å². The zero-order chi connectivity index (χ0) is 25.8. The lowest BCUT2D eigenvalue weighted by atomic mass is 10.1. The summed E-state index contributed by atoms with van der Waals surface area (Å²) in [7, 11) is 0. The highest BCUT2D eigenvalue weighted by Gasteiger charge is 2.34. The standard InChI is InChI=1S/C28H27FN2O5/c1-17-13-22(29)10-12-25(17)35-15-24(32)21-9-11-26-23(14-21)31(27(33)16-36-26)19(3)28(34)30-18(2)20-7-5-4-6-8-20/h4-14,18-19H,15-16H2,1-3H3,(H,30,34). The van der Waals surface area contributed by atoms with Gasteiger partial charge in [-0.2, -0.15) is 0 Å². The van der Waals surface area contributed by atoms with Crippen molar-refractivity contribution in [2.45, 2.75) is 32.9 Å². The van der Waals surface area contributed by atoms with Crippen molar-refractivity contribution in [3.63, 3.8) is 0 Å². The van der Waals surface area contributed by atoms with E-state index < -0.39 is 6.04 Å². The van der Waals surface area contributed by atoms with Gasteiger partial charge >= 0.3 is 0 Å². The monoisotopic (exact) mass is 490 g/mol. The Kier molecular flexibility index (Phi) is 7.33. The van der Waals surface area contributed by atoms with Crippen molar-refractivity contribution in [2.24, 2.45) is 0 Å². The third-order valence-corrected chi connectivity index (χ3v) is 6.08. The van der Waals surface area contributed by atoms with E-state index in [0.29, 0.717) is 28.3 Å². The molecule has 3 aromatic carbocycles. The zero-order valence-corrected chi connectivity index (χ0v) is 20.3. The highest BCUT2D eigenvalue weighted by molar-refractivity contribution is 6.06. The number of nitrogens with one attached hydrogen (secondary N) is 1. The summed E-state index contributed by atoms with van der Waals surface area (Å²) in [6, 6.07) is 17.2. The van der Waals surface area contributed by atoms with Crippen molar-refractivity contribution in [1.29, 1.82) is 0 Å². The van der Waals surface area contributed by atoms with Crippen LogP contribution in [0, 0.1) is 12.7 Å². The molecule has 0 aliphatic carbocycles. The van der Waals surface area contributed by atoms with E-state index >= 15 is 0 Å². The first-order valence-electron chi connectivity index (χ1n) is 11.6. The summed E-state index contributed by atoms with van der Waals surface area (Å²) >= 11 is 0. The Hall–Kier alpha value is -4.20. The maximum Gasteiger partial charge on any atom is 0.265 e. The van der Waals surface area contributed by atoms with Crippen LogP contribution in [0.2, 0.25) is 0 Å². The number of carbonyl (C=O) groups is 3. The van der Waals surface area contributed by atoms with Crippen LogP contribution in [-0.2, 0) is 9.59 Å². The maximum absolute atomic E-state index is 13.3. The zero-order valence-electron chi connectivity index (χ0n) is 20.3. The van der Waals surface area contributed by atoms with Crippen molar-refractivity contribution >= 4 is 23.3 Å². The van der Waals surface area contributed by atoms with Gasteiger partial charge in [-0.1, -0.05) is 30.3 Å². The van der Waals surface area contributed by atoms with Gasteiger partial charge in [0.2, 0.25) is 5.91 Å². The number of Topliss-reactive ketones (excluding diaryl/α,β-unsaturated/α-hetero) is 1. The van der Waals surface area contributed by atoms with E-state index in [1.807, 2.05) is 37.3 Å². The Morgan fingerprint density at radius 3 is 2.56 bits per heavy atom. The van der Waals surface area contributed by atoms with Crippen LogP contribution in [0.3, 0.4) is 0 Å². The number of fused-ring (bicyclic) bond motifs is 1. The van der Waals surface area contributed by atoms with Gasteiger partial charge in [0.1, 0.15) is 23.4 Å². The summed E-state index contributed by atoms with van der Waals surface area (Å²) in [5.41, 5.74) is 2.14. The van der Waals surface area contributed by atoms with Crippen LogP contribution in [0.15, 0.2) is 66.7 Å². The minimum Gasteiger partial charge on any atom is -0.485 e. The van der Waals surface area contributed by atoms with E-state index in [0.717, 1.165) is 5.56 Å². The number of hydrogen-bond donors (Lipinski definition) is 1. The normalized spacial score (nSPS) is 14.3. The van der Waals surface area contributed by atoms with Crippen LogP contribution in [0.4, 0.5) is 10.1 Å². The number of amides is 2. The fourth-order valence-electron chi connectivity index (χ4n) is 4.05. The largest absolute Gasteiger partial charge is 0.485 e. The summed E-state index contributed by atoms with van der Waals surface area (Å²) in [4.78, 5) is 40.1. The second kappa shape index (κ2) is 10.6. The summed E-state index contributed by atoms with van der Waals surface area (Å²) in [6.45, 7) is 4.71. The van der Waals surface area contributed by atoms with Gasteiger partial charge in [-0.05, 0) is 68.3 Å². The average molecular weight is 491 g/mol. The van der Waals surface area contributed by atoms with Gasteiger partial charge < -0.3 is 14.8 Å². The van der Waals surface area contributed by atoms with Crippen LogP contribution in [-0.4, -0.2) is 36.9 Å². The molecule has 8 heteroatoms. The predicted octanol–water partition coefficient (Wildman–Crippen LogP) is 4.39. The quantitative estimate of drug-likeness (QED) is 0.474.